The first kappa shape index (κ1) is 18.1. The molecule has 1 fully saturated rings. The minimum absolute atomic E-state index is 0.184. The second-order valence-electron chi connectivity index (χ2n) is 6.97. The lowest BCUT2D eigenvalue weighted by atomic mass is 9.91. The number of hydrogen-bond donors (Lipinski definition) is 2. The minimum Gasteiger partial charge on any atom is -0.481 e. The van der Waals surface area contributed by atoms with Crippen LogP contribution in [0.3, 0.4) is 0 Å². The summed E-state index contributed by atoms with van der Waals surface area (Å²) in [5.41, 5.74) is 1.74. The average molecular weight is 333 g/mol. The molecule has 0 bridgehead atoms. The van der Waals surface area contributed by atoms with Gasteiger partial charge in [0, 0.05) is 37.6 Å². The molecule has 0 saturated carbocycles. The van der Waals surface area contributed by atoms with Gasteiger partial charge in [0.25, 0.3) is 0 Å². The lowest BCUT2D eigenvalue weighted by Gasteiger charge is -2.34. The molecule has 2 amide bonds. The SMILES string of the molecule is CC1CC(C(=O)O)CN(C(=O)Nc2cccc(N(C)C(C)C)c2)C1. The summed E-state index contributed by atoms with van der Waals surface area (Å²) in [7, 11) is 2.01. The van der Waals surface area contributed by atoms with E-state index in [1.54, 1.807) is 4.90 Å². The van der Waals surface area contributed by atoms with Crippen molar-refractivity contribution in [1.82, 2.24) is 4.90 Å². The highest BCUT2D eigenvalue weighted by Crippen LogP contribution is 2.24. The second-order valence-corrected chi connectivity index (χ2v) is 6.97. The van der Waals surface area contributed by atoms with Crippen LogP contribution in [0.5, 0.6) is 0 Å². The first-order valence-corrected chi connectivity index (χ1v) is 8.39. The van der Waals surface area contributed by atoms with Gasteiger partial charge in [-0.15, -0.1) is 0 Å². The number of anilines is 2. The number of urea groups is 1. The Morgan fingerprint density at radius 3 is 2.67 bits per heavy atom. The van der Waals surface area contributed by atoms with Crippen molar-refractivity contribution < 1.29 is 14.7 Å². The van der Waals surface area contributed by atoms with Crippen LogP contribution in [0.25, 0.3) is 0 Å². The molecule has 2 unspecified atom stereocenters. The van der Waals surface area contributed by atoms with E-state index in [1.165, 1.54) is 0 Å². The van der Waals surface area contributed by atoms with Gasteiger partial charge in [-0.2, -0.15) is 0 Å². The molecule has 24 heavy (non-hydrogen) atoms. The van der Waals surface area contributed by atoms with Crippen molar-refractivity contribution in [2.75, 3.05) is 30.4 Å². The molecule has 6 heteroatoms. The number of nitrogens with zero attached hydrogens (tertiary/aromatic N) is 2. The van der Waals surface area contributed by atoms with Gasteiger partial charge in [-0.1, -0.05) is 13.0 Å². The maximum absolute atomic E-state index is 12.5. The van der Waals surface area contributed by atoms with Gasteiger partial charge in [-0.3, -0.25) is 4.79 Å². The largest absolute Gasteiger partial charge is 0.481 e. The monoisotopic (exact) mass is 333 g/mol. The Morgan fingerprint density at radius 2 is 2.04 bits per heavy atom. The summed E-state index contributed by atoms with van der Waals surface area (Å²) >= 11 is 0. The molecule has 1 saturated heterocycles. The van der Waals surface area contributed by atoms with Crippen LogP contribution in [-0.4, -0.2) is 48.2 Å². The van der Waals surface area contributed by atoms with Crippen LogP contribution in [-0.2, 0) is 4.79 Å². The normalized spacial score (nSPS) is 20.8. The Morgan fingerprint density at radius 1 is 1.33 bits per heavy atom. The van der Waals surface area contributed by atoms with Crippen molar-refractivity contribution in [2.45, 2.75) is 33.2 Å². The standard InChI is InChI=1S/C18H27N3O3/c1-12(2)20(4)16-7-5-6-15(9-16)19-18(24)21-10-13(3)8-14(11-21)17(22)23/h5-7,9,12-14H,8,10-11H2,1-4H3,(H,19,24)(H,22,23). The number of hydrogen-bond acceptors (Lipinski definition) is 3. The van der Waals surface area contributed by atoms with E-state index >= 15 is 0 Å². The number of benzene rings is 1. The predicted molar refractivity (Wildman–Crippen MR) is 95.5 cm³/mol. The van der Waals surface area contributed by atoms with Crippen molar-refractivity contribution in [3.63, 3.8) is 0 Å². The van der Waals surface area contributed by atoms with E-state index in [9.17, 15) is 14.7 Å². The number of rotatable bonds is 4. The molecule has 2 N–H and O–H groups in total. The summed E-state index contributed by atoms with van der Waals surface area (Å²) < 4.78 is 0. The third kappa shape index (κ3) is 4.40. The zero-order valence-corrected chi connectivity index (χ0v) is 14.8. The lowest BCUT2D eigenvalue weighted by molar-refractivity contribution is -0.143. The van der Waals surface area contributed by atoms with Crippen molar-refractivity contribution in [3.05, 3.63) is 24.3 Å². The summed E-state index contributed by atoms with van der Waals surface area (Å²) in [6.07, 6.45) is 0.619. The van der Waals surface area contributed by atoms with Crippen molar-refractivity contribution in [3.8, 4) is 0 Å². The number of nitrogens with one attached hydrogen (secondary N) is 1. The Labute approximate surface area is 143 Å². The third-order valence-corrected chi connectivity index (χ3v) is 4.58. The Kier molecular flexibility index (Phi) is 5.70. The predicted octanol–water partition coefficient (Wildman–Crippen LogP) is 3.11. The summed E-state index contributed by atoms with van der Waals surface area (Å²) in [5.74, 6) is -1.14. The first-order valence-electron chi connectivity index (χ1n) is 8.39. The molecule has 132 valence electrons. The molecule has 6 nitrogen and oxygen atoms in total. The number of carbonyl (C=O) groups excluding carboxylic acids is 1. The van der Waals surface area contributed by atoms with Crippen LogP contribution in [0.2, 0.25) is 0 Å². The molecule has 0 aromatic heterocycles. The zero-order valence-electron chi connectivity index (χ0n) is 14.8. The van der Waals surface area contributed by atoms with Crippen LogP contribution < -0.4 is 10.2 Å². The van der Waals surface area contributed by atoms with E-state index in [2.05, 4.69) is 24.1 Å². The van der Waals surface area contributed by atoms with E-state index in [1.807, 2.05) is 38.2 Å². The van der Waals surface area contributed by atoms with Gasteiger partial charge in [-0.25, -0.2) is 4.79 Å². The highest BCUT2D eigenvalue weighted by atomic mass is 16.4. The number of aliphatic carboxylic acids is 1. The number of amides is 2. The third-order valence-electron chi connectivity index (χ3n) is 4.58. The fraction of sp³-hybridized carbons (Fsp3) is 0.556. The topological polar surface area (TPSA) is 72.9 Å². The maximum atomic E-state index is 12.5. The van der Waals surface area contributed by atoms with Crippen LogP contribution >= 0.6 is 0 Å². The lowest BCUT2D eigenvalue weighted by Crippen LogP contribution is -2.47. The van der Waals surface area contributed by atoms with Gasteiger partial charge in [-0.05, 0) is 44.4 Å². The quantitative estimate of drug-likeness (QED) is 0.888. The second kappa shape index (κ2) is 7.55. The maximum Gasteiger partial charge on any atom is 0.321 e. The van der Waals surface area contributed by atoms with Gasteiger partial charge in [0.05, 0.1) is 5.92 Å². The minimum atomic E-state index is -0.833. The summed E-state index contributed by atoms with van der Waals surface area (Å²) in [4.78, 5) is 27.5. The number of carbonyl (C=O) groups is 2. The van der Waals surface area contributed by atoms with Crippen molar-refractivity contribution >= 4 is 23.4 Å². The molecular weight excluding hydrogens is 306 g/mol. The van der Waals surface area contributed by atoms with Gasteiger partial charge in [0.2, 0.25) is 0 Å². The van der Waals surface area contributed by atoms with E-state index < -0.39 is 11.9 Å². The Bertz CT molecular complexity index is 603. The average Bonchev–Trinajstić information content (AvgIpc) is 2.53. The highest BCUT2D eigenvalue weighted by molar-refractivity contribution is 5.90. The van der Waals surface area contributed by atoms with Crippen LogP contribution in [0.1, 0.15) is 27.2 Å². The summed E-state index contributed by atoms with van der Waals surface area (Å²) in [6, 6.07) is 7.80. The van der Waals surface area contributed by atoms with E-state index in [4.69, 9.17) is 0 Å². The van der Waals surface area contributed by atoms with Crippen LogP contribution in [0, 0.1) is 11.8 Å². The summed E-state index contributed by atoms with van der Waals surface area (Å²) in [5, 5.41) is 12.1. The van der Waals surface area contributed by atoms with Crippen LogP contribution in [0.15, 0.2) is 24.3 Å². The fourth-order valence-electron chi connectivity index (χ4n) is 3.00. The molecule has 1 aromatic rings. The molecule has 0 radical (unpaired) electrons. The van der Waals surface area contributed by atoms with Crippen molar-refractivity contribution in [2.24, 2.45) is 11.8 Å². The number of piperidine rings is 1. The first-order chi connectivity index (χ1) is 11.3. The molecule has 1 aliphatic heterocycles. The Hall–Kier alpha value is -2.24. The molecule has 1 aromatic carbocycles. The highest BCUT2D eigenvalue weighted by Gasteiger charge is 2.31. The van der Waals surface area contributed by atoms with Crippen molar-refractivity contribution in [1.29, 1.82) is 0 Å². The molecule has 2 rings (SSSR count). The number of carboxylic acid groups (broad SMARTS) is 1. The number of likely N-dealkylation sites (tertiary alicyclic amines) is 1. The molecule has 1 aliphatic rings. The molecule has 2 atom stereocenters. The molecule has 0 spiro atoms. The summed E-state index contributed by atoms with van der Waals surface area (Å²) in [6.45, 7) is 7.03. The smallest absolute Gasteiger partial charge is 0.321 e. The molecule has 0 aliphatic carbocycles. The zero-order chi connectivity index (χ0) is 17.9. The van der Waals surface area contributed by atoms with Gasteiger partial charge in [0.15, 0.2) is 0 Å². The van der Waals surface area contributed by atoms with Crippen LogP contribution in [0.4, 0.5) is 16.2 Å². The van der Waals surface area contributed by atoms with Gasteiger partial charge in [0.1, 0.15) is 0 Å². The van der Waals surface area contributed by atoms with E-state index in [-0.39, 0.29) is 18.5 Å². The molecular formula is C18H27N3O3. The number of carboxylic acids is 1. The molecule has 1 heterocycles. The fourth-order valence-corrected chi connectivity index (χ4v) is 3.00. The van der Waals surface area contributed by atoms with Gasteiger partial charge < -0.3 is 20.2 Å². The van der Waals surface area contributed by atoms with E-state index in [0.717, 1.165) is 11.4 Å². The van der Waals surface area contributed by atoms with E-state index in [0.29, 0.717) is 19.0 Å². The van der Waals surface area contributed by atoms with Gasteiger partial charge >= 0.3 is 12.0 Å². The Balaban J connectivity index is 2.06.